The van der Waals surface area contributed by atoms with Crippen molar-refractivity contribution in [2.24, 2.45) is 0 Å². The third kappa shape index (κ3) is 7.09. The Kier molecular flexibility index (Phi) is 10.1. The molecule has 44 heavy (non-hydrogen) atoms. The van der Waals surface area contributed by atoms with Crippen molar-refractivity contribution in [3.63, 3.8) is 0 Å². The standard InChI is InChI=1S/C32H40N8O4/c1-9-30(41)34-23-19-24(28(44-8)20-26(23)38(6)17-16-37(4)5)35-31-33-14-12-29(36-31)40-25-11-10-22(43-7)18-27(25)39(32(40)42)15-13-21(2)3/h9-14,18-20H,1,15-17H2,2-8H3,(H,34,41)(H,33,35,36). The van der Waals surface area contributed by atoms with E-state index in [-0.39, 0.29) is 17.5 Å². The number of benzene rings is 2. The van der Waals surface area contributed by atoms with Crippen LogP contribution in [0.1, 0.15) is 13.8 Å². The first-order valence-electron chi connectivity index (χ1n) is 14.1. The van der Waals surface area contributed by atoms with Gasteiger partial charge in [0.05, 0.1) is 42.3 Å². The van der Waals surface area contributed by atoms with Crippen LogP contribution in [0.3, 0.4) is 0 Å². The highest BCUT2D eigenvalue weighted by molar-refractivity contribution is 6.02. The number of anilines is 4. The first-order valence-corrected chi connectivity index (χ1v) is 14.1. The topological polar surface area (TPSA) is 119 Å². The van der Waals surface area contributed by atoms with Crippen LogP contribution in [0.15, 0.2) is 71.7 Å². The normalized spacial score (nSPS) is 10.9. The van der Waals surface area contributed by atoms with E-state index < -0.39 is 0 Å². The monoisotopic (exact) mass is 600 g/mol. The second-order valence-electron chi connectivity index (χ2n) is 10.7. The third-order valence-electron chi connectivity index (χ3n) is 6.99. The molecule has 0 spiro atoms. The molecule has 2 N–H and O–H groups in total. The maximum atomic E-state index is 13.7. The van der Waals surface area contributed by atoms with Crippen molar-refractivity contribution in [3.8, 4) is 17.3 Å². The van der Waals surface area contributed by atoms with Crippen LogP contribution in [0, 0.1) is 0 Å². The van der Waals surface area contributed by atoms with E-state index >= 15 is 0 Å². The second-order valence-corrected chi connectivity index (χ2v) is 10.7. The number of aromatic nitrogens is 4. The van der Waals surface area contributed by atoms with Gasteiger partial charge in [-0.1, -0.05) is 18.2 Å². The number of imidazole rings is 1. The summed E-state index contributed by atoms with van der Waals surface area (Å²) in [4.78, 5) is 39.3. The maximum Gasteiger partial charge on any atom is 0.335 e. The van der Waals surface area contributed by atoms with Crippen molar-refractivity contribution >= 4 is 40.0 Å². The number of hydrogen-bond acceptors (Lipinski definition) is 9. The Morgan fingerprint density at radius 1 is 1.02 bits per heavy atom. The Balaban J connectivity index is 1.78. The highest BCUT2D eigenvalue weighted by Crippen LogP contribution is 2.38. The van der Waals surface area contributed by atoms with Crippen LogP contribution in [0.25, 0.3) is 16.9 Å². The number of amides is 1. The zero-order valence-corrected chi connectivity index (χ0v) is 26.3. The van der Waals surface area contributed by atoms with Crippen LogP contribution in [-0.2, 0) is 11.3 Å². The average Bonchev–Trinajstić information content (AvgIpc) is 3.28. The Bertz CT molecular complexity index is 1750. The molecule has 0 saturated heterocycles. The highest BCUT2D eigenvalue weighted by Gasteiger charge is 2.19. The molecule has 4 aromatic rings. The van der Waals surface area contributed by atoms with Gasteiger partial charge >= 0.3 is 5.69 Å². The van der Waals surface area contributed by atoms with Gasteiger partial charge in [0, 0.05) is 51.1 Å². The number of rotatable bonds is 13. The molecule has 232 valence electrons. The molecule has 0 atom stereocenters. The van der Waals surface area contributed by atoms with Gasteiger partial charge in [-0.15, -0.1) is 0 Å². The van der Waals surface area contributed by atoms with Gasteiger partial charge in [0.15, 0.2) is 0 Å². The van der Waals surface area contributed by atoms with Crippen LogP contribution in [0.4, 0.5) is 23.0 Å². The number of likely N-dealkylation sites (N-methyl/N-ethyl adjacent to an activating group) is 2. The number of nitrogens with one attached hydrogen (secondary N) is 2. The zero-order chi connectivity index (χ0) is 32.0. The van der Waals surface area contributed by atoms with Crippen LogP contribution < -0.4 is 30.7 Å². The first-order chi connectivity index (χ1) is 21.1. The summed E-state index contributed by atoms with van der Waals surface area (Å²) in [7, 11) is 9.11. The van der Waals surface area contributed by atoms with E-state index in [1.807, 2.05) is 70.2 Å². The second kappa shape index (κ2) is 13.9. The lowest BCUT2D eigenvalue weighted by Crippen LogP contribution is -2.29. The van der Waals surface area contributed by atoms with Gasteiger partial charge in [-0.25, -0.2) is 14.3 Å². The highest BCUT2D eigenvalue weighted by atomic mass is 16.5. The summed E-state index contributed by atoms with van der Waals surface area (Å²) in [6.07, 6.45) is 4.79. The van der Waals surface area contributed by atoms with Gasteiger partial charge in [-0.3, -0.25) is 9.36 Å². The van der Waals surface area contributed by atoms with Gasteiger partial charge in [-0.05, 0) is 52.2 Å². The molecule has 0 bridgehead atoms. The van der Waals surface area contributed by atoms with Crippen LogP contribution in [0.5, 0.6) is 11.5 Å². The van der Waals surface area contributed by atoms with E-state index in [1.54, 1.807) is 41.7 Å². The van der Waals surface area contributed by atoms with Gasteiger partial charge in [-0.2, -0.15) is 4.98 Å². The maximum absolute atomic E-state index is 13.7. The molecule has 0 fully saturated rings. The molecule has 4 rings (SSSR count). The van der Waals surface area contributed by atoms with Gasteiger partial charge in [0.25, 0.3) is 0 Å². The Hall–Kier alpha value is -5.10. The van der Waals surface area contributed by atoms with Crippen LogP contribution in [-0.4, -0.2) is 78.4 Å². The summed E-state index contributed by atoms with van der Waals surface area (Å²) in [6.45, 7) is 9.49. The summed E-state index contributed by atoms with van der Waals surface area (Å²) in [5, 5.41) is 6.10. The molecule has 0 aliphatic heterocycles. The first kappa shape index (κ1) is 31.8. The predicted molar refractivity (Wildman–Crippen MR) is 176 cm³/mol. The minimum atomic E-state index is -0.345. The fraction of sp³-hybridized carbons (Fsp3) is 0.312. The Morgan fingerprint density at radius 2 is 1.80 bits per heavy atom. The summed E-state index contributed by atoms with van der Waals surface area (Å²) < 4.78 is 14.4. The van der Waals surface area contributed by atoms with E-state index in [2.05, 4.69) is 27.1 Å². The number of carbonyl (C=O) groups is 1. The van der Waals surface area contributed by atoms with Crippen molar-refractivity contribution in [2.75, 3.05) is 64.0 Å². The predicted octanol–water partition coefficient (Wildman–Crippen LogP) is 4.43. The number of ether oxygens (including phenoxy) is 2. The van der Waals surface area contributed by atoms with Crippen molar-refractivity contribution in [1.29, 1.82) is 0 Å². The molecule has 0 radical (unpaired) electrons. The largest absolute Gasteiger partial charge is 0.497 e. The molecular formula is C32H40N8O4. The molecule has 12 nitrogen and oxygen atoms in total. The zero-order valence-electron chi connectivity index (χ0n) is 26.3. The lowest BCUT2D eigenvalue weighted by molar-refractivity contribution is -0.111. The molecule has 0 aliphatic rings. The molecule has 1 amide bonds. The van der Waals surface area contributed by atoms with Gasteiger partial charge in [0.1, 0.15) is 17.3 Å². The van der Waals surface area contributed by atoms with E-state index in [0.29, 0.717) is 47.3 Å². The molecule has 2 aromatic heterocycles. The smallest absolute Gasteiger partial charge is 0.335 e. The molecule has 0 unspecified atom stereocenters. The van der Waals surface area contributed by atoms with Crippen molar-refractivity contribution in [3.05, 3.63) is 77.4 Å². The molecule has 2 heterocycles. The SMILES string of the molecule is C=CC(=O)Nc1cc(Nc2nccc(-n3c(=O)n(CC=C(C)C)c4cc(OC)ccc43)n2)c(OC)cc1N(C)CCN(C)C. The Morgan fingerprint density at radius 3 is 2.45 bits per heavy atom. The minimum Gasteiger partial charge on any atom is -0.497 e. The van der Waals surface area contributed by atoms with Crippen LogP contribution >= 0.6 is 0 Å². The van der Waals surface area contributed by atoms with Gasteiger partial charge < -0.3 is 29.9 Å². The number of hydrogen-bond donors (Lipinski definition) is 2. The minimum absolute atomic E-state index is 0.237. The van der Waals surface area contributed by atoms with E-state index in [9.17, 15) is 9.59 Å². The molecule has 2 aromatic carbocycles. The summed E-state index contributed by atoms with van der Waals surface area (Å²) in [5.41, 5.74) is 4.11. The summed E-state index contributed by atoms with van der Waals surface area (Å²) in [6, 6.07) is 10.8. The van der Waals surface area contributed by atoms with Crippen molar-refractivity contribution < 1.29 is 14.3 Å². The van der Waals surface area contributed by atoms with E-state index in [4.69, 9.17) is 14.5 Å². The van der Waals surface area contributed by atoms with Crippen molar-refractivity contribution in [2.45, 2.75) is 20.4 Å². The summed E-state index contributed by atoms with van der Waals surface area (Å²) >= 11 is 0. The number of fused-ring (bicyclic) bond motifs is 1. The number of methoxy groups -OCH3 is 2. The molecule has 0 saturated carbocycles. The third-order valence-corrected chi connectivity index (χ3v) is 6.99. The number of carbonyl (C=O) groups excluding carboxylic acids is 1. The fourth-order valence-electron chi connectivity index (χ4n) is 4.59. The number of nitrogens with zero attached hydrogens (tertiary/aromatic N) is 6. The van der Waals surface area contributed by atoms with E-state index in [1.165, 1.54) is 6.08 Å². The lowest BCUT2D eigenvalue weighted by Gasteiger charge is -2.26. The van der Waals surface area contributed by atoms with E-state index in [0.717, 1.165) is 23.3 Å². The average molecular weight is 601 g/mol. The van der Waals surface area contributed by atoms with Crippen LogP contribution in [0.2, 0.25) is 0 Å². The van der Waals surface area contributed by atoms with Gasteiger partial charge in [0.2, 0.25) is 11.9 Å². The van der Waals surface area contributed by atoms with Crippen molar-refractivity contribution in [1.82, 2.24) is 24.0 Å². The molecular weight excluding hydrogens is 560 g/mol. The molecule has 12 heteroatoms. The number of allylic oxidation sites excluding steroid dienone is 2. The molecule has 0 aliphatic carbocycles. The fourth-order valence-corrected chi connectivity index (χ4v) is 4.59. The lowest BCUT2D eigenvalue weighted by atomic mass is 10.2. The Labute approximate surface area is 257 Å². The summed E-state index contributed by atoms with van der Waals surface area (Å²) in [5.74, 6) is 1.44. The quantitative estimate of drug-likeness (QED) is 0.170.